The molecule has 0 fully saturated rings. The topological polar surface area (TPSA) is 49.6 Å². The van der Waals surface area contributed by atoms with Crippen molar-refractivity contribution in [2.24, 2.45) is 0 Å². The number of halogens is 3. The molecule has 0 atom stereocenters. The zero-order valence-corrected chi connectivity index (χ0v) is 15.5. The summed E-state index contributed by atoms with van der Waals surface area (Å²) in [5.41, 5.74) is 3.03. The van der Waals surface area contributed by atoms with Crippen LogP contribution in [0, 0.1) is 11.3 Å². The van der Waals surface area contributed by atoms with Crippen molar-refractivity contribution in [2.45, 2.75) is 0 Å². The quantitative estimate of drug-likeness (QED) is 0.492. The van der Waals surface area contributed by atoms with Crippen LogP contribution >= 0.6 is 43.5 Å². The summed E-state index contributed by atoms with van der Waals surface area (Å²) < 4.78 is 1.75. The minimum absolute atomic E-state index is 0.0917. The Kier molecular flexibility index (Phi) is 4.76. The van der Waals surface area contributed by atoms with E-state index in [1.807, 2.05) is 54.6 Å². The van der Waals surface area contributed by atoms with Gasteiger partial charge in [-0.25, -0.2) is 9.97 Å². The summed E-state index contributed by atoms with van der Waals surface area (Å²) in [4.78, 5) is 8.85. The van der Waals surface area contributed by atoms with Crippen molar-refractivity contribution in [1.29, 1.82) is 5.26 Å². The van der Waals surface area contributed by atoms with Crippen molar-refractivity contribution in [2.75, 3.05) is 0 Å². The molecule has 6 heteroatoms. The number of aromatic nitrogens is 2. The molecule has 0 unspecified atom stereocenters. The second-order valence-corrected chi connectivity index (χ2v) is 6.70. The van der Waals surface area contributed by atoms with E-state index in [0.29, 0.717) is 11.4 Å². The van der Waals surface area contributed by atoms with Crippen LogP contribution in [-0.4, -0.2) is 9.97 Å². The van der Waals surface area contributed by atoms with Gasteiger partial charge in [-0.15, -0.1) is 0 Å². The summed E-state index contributed by atoms with van der Waals surface area (Å²) in [6, 6.07) is 17.3. The minimum atomic E-state index is 0.0917. The lowest BCUT2D eigenvalue weighted by Gasteiger charge is -2.12. The molecule has 0 spiro atoms. The van der Waals surface area contributed by atoms with E-state index in [-0.39, 0.29) is 10.8 Å². The highest BCUT2D eigenvalue weighted by atomic mass is 79.9. The first-order valence-electron chi connectivity index (χ1n) is 6.59. The number of hydrogen-bond acceptors (Lipinski definition) is 3. The van der Waals surface area contributed by atoms with Crippen LogP contribution in [0.15, 0.2) is 57.5 Å². The zero-order valence-electron chi connectivity index (χ0n) is 11.6. The Balaban J connectivity index is 2.36. The molecule has 3 nitrogen and oxygen atoms in total. The molecule has 0 aliphatic carbocycles. The van der Waals surface area contributed by atoms with Crippen LogP contribution in [0.25, 0.3) is 22.5 Å². The van der Waals surface area contributed by atoms with Gasteiger partial charge in [0.25, 0.3) is 0 Å². The molecule has 0 bridgehead atoms. The summed E-state index contributed by atoms with van der Waals surface area (Å²) in [5, 5.41) is 9.31. The maximum atomic E-state index is 9.22. The van der Waals surface area contributed by atoms with Crippen molar-refractivity contribution < 1.29 is 0 Å². The molecule has 0 saturated heterocycles. The van der Waals surface area contributed by atoms with Gasteiger partial charge in [-0.1, -0.05) is 79.9 Å². The lowest BCUT2D eigenvalue weighted by atomic mass is 10.0. The fourth-order valence-corrected chi connectivity index (χ4v) is 3.28. The fourth-order valence-electron chi connectivity index (χ4n) is 2.17. The van der Waals surface area contributed by atoms with Crippen molar-refractivity contribution in [3.8, 4) is 28.6 Å². The van der Waals surface area contributed by atoms with E-state index in [1.54, 1.807) is 0 Å². The van der Waals surface area contributed by atoms with Gasteiger partial charge in [0, 0.05) is 20.1 Å². The smallest absolute Gasteiger partial charge is 0.178 e. The third-order valence-corrected chi connectivity index (χ3v) is 4.86. The van der Waals surface area contributed by atoms with E-state index >= 15 is 0 Å². The second-order valence-electron chi connectivity index (χ2n) is 4.63. The van der Waals surface area contributed by atoms with Crippen LogP contribution in [0.4, 0.5) is 0 Å². The molecule has 0 aliphatic heterocycles. The molecule has 0 radical (unpaired) electrons. The van der Waals surface area contributed by atoms with Gasteiger partial charge >= 0.3 is 0 Å². The van der Waals surface area contributed by atoms with E-state index in [1.165, 1.54) is 0 Å². The van der Waals surface area contributed by atoms with Crippen LogP contribution < -0.4 is 0 Å². The SMILES string of the molecule is N#Cc1nc(-c2ccccc2Br)c(-c2ccccc2Br)nc1Cl. The van der Waals surface area contributed by atoms with Crippen molar-refractivity contribution in [3.05, 3.63) is 68.3 Å². The molecule has 23 heavy (non-hydrogen) atoms. The van der Waals surface area contributed by atoms with Crippen molar-refractivity contribution >= 4 is 43.5 Å². The van der Waals surface area contributed by atoms with Gasteiger partial charge in [-0.2, -0.15) is 5.26 Å². The van der Waals surface area contributed by atoms with Crippen molar-refractivity contribution in [1.82, 2.24) is 9.97 Å². The number of nitriles is 1. The van der Waals surface area contributed by atoms with Gasteiger partial charge in [0.05, 0.1) is 11.4 Å². The van der Waals surface area contributed by atoms with Gasteiger partial charge in [0.15, 0.2) is 10.8 Å². The number of benzene rings is 2. The predicted molar refractivity (Wildman–Crippen MR) is 98.0 cm³/mol. The summed E-state index contributed by atoms with van der Waals surface area (Å²) in [5.74, 6) is 0. The molecule has 1 heterocycles. The molecular formula is C17H8Br2ClN3. The minimum Gasteiger partial charge on any atom is -0.232 e. The Hall–Kier alpha value is -1.74. The normalized spacial score (nSPS) is 10.3. The second kappa shape index (κ2) is 6.79. The Labute approximate surface area is 155 Å². The Morgan fingerprint density at radius 3 is 1.78 bits per heavy atom. The summed E-state index contributed by atoms with van der Waals surface area (Å²) in [6.07, 6.45) is 0. The third-order valence-electron chi connectivity index (χ3n) is 3.22. The largest absolute Gasteiger partial charge is 0.232 e. The van der Waals surface area contributed by atoms with Gasteiger partial charge in [0.2, 0.25) is 0 Å². The monoisotopic (exact) mass is 447 g/mol. The number of hydrogen-bond donors (Lipinski definition) is 0. The molecule has 112 valence electrons. The maximum Gasteiger partial charge on any atom is 0.178 e. The third kappa shape index (κ3) is 3.16. The molecule has 0 amide bonds. The molecule has 0 aliphatic rings. The van der Waals surface area contributed by atoms with Gasteiger partial charge in [-0.3, -0.25) is 0 Å². The summed E-state index contributed by atoms with van der Waals surface area (Å²) in [6.45, 7) is 0. The lowest BCUT2D eigenvalue weighted by molar-refractivity contribution is 1.17. The van der Waals surface area contributed by atoms with Crippen molar-refractivity contribution in [3.63, 3.8) is 0 Å². The van der Waals surface area contributed by atoms with E-state index in [0.717, 1.165) is 20.1 Å². The molecule has 3 aromatic rings. The highest BCUT2D eigenvalue weighted by Crippen LogP contribution is 2.37. The van der Waals surface area contributed by atoms with Gasteiger partial charge in [0.1, 0.15) is 6.07 Å². The molecule has 0 saturated carbocycles. The summed E-state index contributed by atoms with van der Waals surface area (Å²) in [7, 11) is 0. The zero-order chi connectivity index (χ0) is 16.4. The Morgan fingerprint density at radius 1 is 0.826 bits per heavy atom. The first-order valence-corrected chi connectivity index (χ1v) is 8.55. The molecular weight excluding hydrogens is 441 g/mol. The van der Waals surface area contributed by atoms with Crippen LogP contribution in [0.5, 0.6) is 0 Å². The predicted octanol–water partition coefficient (Wildman–Crippen LogP) is 5.86. The summed E-state index contributed by atoms with van der Waals surface area (Å²) >= 11 is 13.2. The lowest BCUT2D eigenvalue weighted by Crippen LogP contribution is -1.99. The molecule has 0 N–H and O–H groups in total. The van der Waals surface area contributed by atoms with Crippen LogP contribution in [0.1, 0.15) is 5.69 Å². The number of rotatable bonds is 2. The average Bonchev–Trinajstić information content (AvgIpc) is 2.56. The molecule has 3 rings (SSSR count). The maximum absolute atomic E-state index is 9.22. The van der Waals surface area contributed by atoms with Gasteiger partial charge < -0.3 is 0 Å². The fraction of sp³-hybridized carbons (Fsp3) is 0. The Bertz CT molecular complexity index is 935. The van der Waals surface area contributed by atoms with Crippen LogP contribution in [0.3, 0.4) is 0 Å². The average molecular weight is 450 g/mol. The first-order chi connectivity index (χ1) is 11.1. The van der Waals surface area contributed by atoms with Crippen LogP contribution in [-0.2, 0) is 0 Å². The van der Waals surface area contributed by atoms with E-state index in [2.05, 4.69) is 41.8 Å². The van der Waals surface area contributed by atoms with E-state index in [4.69, 9.17) is 11.6 Å². The Morgan fingerprint density at radius 2 is 1.30 bits per heavy atom. The van der Waals surface area contributed by atoms with E-state index < -0.39 is 0 Å². The molecule has 1 aromatic heterocycles. The van der Waals surface area contributed by atoms with Gasteiger partial charge in [-0.05, 0) is 12.1 Å². The molecule has 2 aromatic carbocycles. The standard InChI is InChI=1S/C17H8Br2ClN3/c18-12-7-3-1-5-10(12)15-16(11-6-2-4-8-13(11)19)23-17(20)14(9-21)22-15/h1-8H. The highest BCUT2D eigenvalue weighted by molar-refractivity contribution is 9.11. The van der Waals surface area contributed by atoms with Crippen LogP contribution in [0.2, 0.25) is 5.15 Å². The highest BCUT2D eigenvalue weighted by Gasteiger charge is 2.18. The number of nitrogens with zero attached hydrogens (tertiary/aromatic N) is 3. The van der Waals surface area contributed by atoms with E-state index in [9.17, 15) is 5.26 Å². The first kappa shape index (κ1) is 16.1.